The summed E-state index contributed by atoms with van der Waals surface area (Å²) in [5.74, 6) is 1.72. The van der Waals surface area contributed by atoms with Crippen molar-refractivity contribution in [3.8, 4) is 11.5 Å². The summed E-state index contributed by atoms with van der Waals surface area (Å²) in [4.78, 5) is 23.3. The van der Waals surface area contributed by atoms with Gasteiger partial charge in [-0.15, -0.1) is 0 Å². The van der Waals surface area contributed by atoms with Crippen molar-refractivity contribution in [3.05, 3.63) is 89.1 Å². The third-order valence-corrected chi connectivity index (χ3v) is 8.18. The zero-order chi connectivity index (χ0) is 27.9. The number of rotatable bonds is 13. The highest BCUT2D eigenvalue weighted by atomic mass is 32.2. The third-order valence-electron chi connectivity index (χ3n) is 7.14. The molecular weight excluding hydrogens is 524 g/mol. The second-order valence-electron chi connectivity index (χ2n) is 10.0. The lowest BCUT2D eigenvalue weighted by Gasteiger charge is -2.13. The van der Waals surface area contributed by atoms with Crippen LogP contribution in [0.5, 0.6) is 11.5 Å². The fourth-order valence-electron chi connectivity index (χ4n) is 4.94. The maximum absolute atomic E-state index is 11.9. The van der Waals surface area contributed by atoms with Gasteiger partial charge in [0.2, 0.25) is 5.91 Å². The molecule has 0 saturated carbocycles. The fourth-order valence-corrected chi connectivity index (χ4v) is 5.77. The van der Waals surface area contributed by atoms with E-state index >= 15 is 0 Å². The van der Waals surface area contributed by atoms with Crippen LogP contribution in [-0.2, 0) is 17.6 Å². The van der Waals surface area contributed by atoms with Crippen LogP contribution in [0.3, 0.4) is 0 Å². The Bertz CT molecular complexity index is 1450. The summed E-state index contributed by atoms with van der Waals surface area (Å²) in [6.45, 7) is 5.41. The maximum atomic E-state index is 11.9. The normalized spacial score (nSPS) is 15.8. The van der Waals surface area contributed by atoms with E-state index in [1.54, 1.807) is 0 Å². The third kappa shape index (κ3) is 6.50. The Morgan fingerprint density at radius 2 is 1.75 bits per heavy atom. The van der Waals surface area contributed by atoms with Gasteiger partial charge in [-0.25, -0.2) is 0 Å². The zero-order valence-electron chi connectivity index (χ0n) is 22.9. The molecule has 208 valence electrons. The Labute approximate surface area is 238 Å². The van der Waals surface area contributed by atoms with E-state index in [0.717, 1.165) is 71.0 Å². The molecule has 4 aromatic rings. The molecule has 1 N–H and O–H groups in total. The summed E-state index contributed by atoms with van der Waals surface area (Å²) < 4.78 is 17.9. The van der Waals surface area contributed by atoms with E-state index in [1.807, 2.05) is 36.4 Å². The quantitative estimate of drug-likeness (QED) is 0.171. The molecule has 40 heavy (non-hydrogen) atoms. The minimum Gasteiger partial charge on any atom is -0.493 e. The van der Waals surface area contributed by atoms with Gasteiger partial charge in [-0.05, 0) is 72.3 Å². The lowest BCUT2D eigenvalue weighted by Crippen LogP contribution is -2.20. The summed E-state index contributed by atoms with van der Waals surface area (Å²) in [5.41, 5.74) is 5.02. The molecule has 1 aromatic heterocycles. The number of ether oxygens (including phenoxy) is 2. The molecule has 2 unspecified atom stereocenters. The van der Waals surface area contributed by atoms with Crippen molar-refractivity contribution < 1.29 is 23.6 Å². The lowest BCUT2D eigenvalue weighted by molar-refractivity contribution is -0.119. The Balaban J connectivity index is 1.14. The van der Waals surface area contributed by atoms with Crippen LogP contribution in [0.1, 0.15) is 66.7 Å². The van der Waals surface area contributed by atoms with Crippen LogP contribution in [-0.4, -0.2) is 29.5 Å². The predicted octanol–water partition coefficient (Wildman–Crippen LogP) is 7.39. The zero-order valence-corrected chi connectivity index (χ0v) is 23.7. The Morgan fingerprint density at radius 1 is 0.975 bits per heavy atom. The van der Waals surface area contributed by atoms with Crippen molar-refractivity contribution in [2.75, 3.05) is 13.2 Å². The van der Waals surface area contributed by atoms with Gasteiger partial charge < -0.3 is 14.0 Å². The second-order valence-corrected chi connectivity index (χ2v) is 11.1. The molecule has 2 atom stereocenters. The van der Waals surface area contributed by atoms with Crippen molar-refractivity contribution in [2.24, 2.45) is 0 Å². The van der Waals surface area contributed by atoms with Gasteiger partial charge in [0.1, 0.15) is 16.7 Å². The largest absolute Gasteiger partial charge is 0.493 e. The van der Waals surface area contributed by atoms with Crippen LogP contribution in [0.25, 0.3) is 11.0 Å². The number of carbonyl (C=O) groups is 2. The second kappa shape index (κ2) is 13.0. The highest BCUT2D eigenvalue weighted by Gasteiger charge is 2.32. The summed E-state index contributed by atoms with van der Waals surface area (Å²) in [7, 11) is 0. The van der Waals surface area contributed by atoms with Crippen molar-refractivity contribution in [3.63, 3.8) is 0 Å². The van der Waals surface area contributed by atoms with E-state index in [9.17, 15) is 9.59 Å². The molecule has 3 aromatic carbocycles. The maximum Gasteiger partial charge on any atom is 0.286 e. The van der Waals surface area contributed by atoms with Crippen molar-refractivity contribution in [2.45, 2.75) is 57.1 Å². The number of nitrogens with one attached hydrogen (secondary N) is 1. The monoisotopic (exact) mass is 558 g/mol. The summed E-state index contributed by atoms with van der Waals surface area (Å²) in [5, 5.41) is 7.01. The number of hydrogen-bond acceptors (Lipinski definition) is 7. The van der Waals surface area contributed by atoms with Crippen LogP contribution in [0, 0.1) is 0 Å². The lowest BCUT2D eigenvalue weighted by atomic mass is 9.94. The van der Waals surface area contributed by atoms with Gasteiger partial charge in [0.25, 0.3) is 5.24 Å². The smallest absolute Gasteiger partial charge is 0.286 e. The highest BCUT2D eigenvalue weighted by molar-refractivity contribution is 8.15. The van der Waals surface area contributed by atoms with Gasteiger partial charge in [-0.2, -0.15) is 0 Å². The number of aryl methyl sites for hydroxylation is 2. The number of thioether (sulfide) groups is 1. The number of benzene rings is 3. The topological polar surface area (TPSA) is 90.7 Å². The Morgan fingerprint density at radius 3 is 2.48 bits per heavy atom. The van der Waals surface area contributed by atoms with Crippen molar-refractivity contribution in [1.29, 1.82) is 0 Å². The van der Waals surface area contributed by atoms with E-state index in [1.165, 1.54) is 5.56 Å². The number of imide groups is 1. The van der Waals surface area contributed by atoms with E-state index in [2.05, 4.69) is 54.7 Å². The first kappa shape index (κ1) is 27.8. The Kier molecular flexibility index (Phi) is 9.06. The SMILES string of the molecule is CCCc1c(OCCCOc2ccc(C3SC(=O)NC3=O)cc2)ccc2c(CCC(C)c3ccccc3)noc12. The molecule has 0 radical (unpaired) electrons. The highest BCUT2D eigenvalue weighted by Crippen LogP contribution is 2.35. The van der Waals surface area contributed by atoms with Crippen LogP contribution < -0.4 is 14.8 Å². The van der Waals surface area contributed by atoms with Gasteiger partial charge in [0.15, 0.2) is 5.58 Å². The Hall–Kier alpha value is -3.78. The number of carbonyl (C=O) groups excluding carboxylic acids is 2. The number of amides is 2. The van der Waals surface area contributed by atoms with Crippen LogP contribution in [0.15, 0.2) is 71.3 Å². The van der Waals surface area contributed by atoms with E-state index in [0.29, 0.717) is 31.3 Å². The molecule has 1 saturated heterocycles. The summed E-state index contributed by atoms with van der Waals surface area (Å²) in [6, 6.07) is 22.0. The molecule has 7 nitrogen and oxygen atoms in total. The average molecular weight is 559 g/mol. The molecule has 1 aliphatic rings. The fraction of sp³-hybridized carbons (Fsp3) is 0.344. The molecule has 1 aliphatic heterocycles. The van der Waals surface area contributed by atoms with Gasteiger partial charge in [-0.3, -0.25) is 14.9 Å². The van der Waals surface area contributed by atoms with E-state index in [4.69, 9.17) is 14.0 Å². The first-order valence-electron chi connectivity index (χ1n) is 13.9. The average Bonchev–Trinajstić information content (AvgIpc) is 3.55. The van der Waals surface area contributed by atoms with Gasteiger partial charge in [0.05, 0.1) is 18.9 Å². The molecule has 8 heteroatoms. The molecule has 5 rings (SSSR count). The van der Waals surface area contributed by atoms with Gasteiger partial charge >= 0.3 is 0 Å². The standard InChI is InChI=1S/C32H34N2O5S/c1-3-8-26-28(18-16-25-27(34-39-29(25)26)17-11-21(2)22-9-5-4-6-10-22)38-20-7-19-37-24-14-12-23(13-15-24)30-31(35)33-32(36)40-30/h4-6,9-10,12-16,18,21,30H,3,7-8,11,17,19-20H2,1-2H3,(H,33,35,36). The number of fused-ring (bicyclic) bond motifs is 1. The van der Waals surface area contributed by atoms with Crippen molar-refractivity contribution in [1.82, 2.24) is 10.5 Å². The molecule has 2 heterocycles. The van der Waals surface area contributed by atoms with Crippen LogP contribution in [0.2, 0.25) is 0 Å². The first-order valence-corrected chi connectivity index (χ1v) is 14.7. The molecule has 0 spiro atoms. The first-order chi connectivity index (χ1) is 19.5. The van der Waals surface area contributed by atoms with Gasteiger partial charge in [0, 0.05) is 17.4 Å². The molecule has 0 bridgehead atoms. The predicted molar refractivity (Wildman–Crippen MR) is 157 cm³/mol. The summed E-state index contributed by atoms with van der Waals surface area (Å²) in [6.07, 6.45) is 4.40. The summed E-state index contributed by atoms with van der Waals surface area (Å²) >= 11 is 0.996. The molecular formula is C32H34N2O5S. The van der Waals surface area contributed by atoms with E-state index < -0.39 is 5.25 Å². The molecule has 2 amide bonds. The van der Waals surface area contributed by atoms with Crippen LogP contribution >= 0.6 is 11.8 Å². The number of hydrogen-bond donors (Lipinski definition) is 1. The van der Waals surface area contributed by atoms with Crippen molar-refractivity contribution >= 4 is 33.9 Å². The minimum atomic E-state index is -0.497. The molecule has 0 aliphatic carbocycles. The minimum absolute atomic E-state index is 0.277. The molecule has 1 fully saturated rings. The van der Waals surface area contributed by atoms with Gasteiger partial charge in [-0.1, -0.05) is 67.9 Å². The number of aromatic nitrogens is 1. The van der Waals surface area contributed by atoms with Crippen LogP contribution in [0.4, 0.5) is 4.79 Å². The van der Waals surface area contributed by atoms with E-state index in [-0.39, 0.29) is 11.1 Å². The number of nitrogens with zero attached hydrogens (tertiary/aromatic N) is 1.